The van der Waals surface area contributed by atoms with Gasteiger partial charge in [-0.3, -0.25) is 0 Å². The van der Waals surface area contributed by atoms with Crippen LogP contribution >= 0.6 is 55.1 Å². The minimum Gasteiger partial charge on any atom is -0.493 e. The Morgan fingerprint density at radius 1 is 1.03 bits per heavy atom. The second-order valence-electron chi connectivity index (χ2n) is 8.28. The molecule has 2 aliphatic rings. The van der Waals surface area contributed by atoms with E-state index in [0.717, 1.165) is 26.5 Å². The molecule has 1 aliphatic heterocycles. The van der Waals surface area contributed by atoms with Crippen molar-refractivity contribution in [3.63, 3.8) is 0 Å². The fourth-order valence-electron chi connectivity index (χ4n) is 4.74. The van der Waals surface area contributed by atoms with Crippen LogP contribution < -0.4 is 14.8 Å². The Balaban J connectivity index is 1.44. The maximum Gasteiger partial charge on any atom is 0.175 e. The van der Waals surface area contributed by atoms with Gasteiger partial charge in [-0.15, -0.1) is 0 Å². The third kappa shape index (κ3) is 4.53. The third-order valence-corrected chi connectivity index (χ3v) is 8.12. The lowest BCUT2D eigenvalue weighted by atomic mass is 9.77. The highest BCUT2D eigenvalue weighted by atomic mass is 79.9. The number of hydrogen-bond acceptors (Lipinski definition) is 3. The van der Waals surface area contributed by atoms with Gasteiger partial charge in [0.2, 0.25) is 0 Å². The molecule has 0 amide bonds. The van der Waals surface area contributed by atoms with Gasteiger partial charge in [-0.05, 0) is 87.4 Å². The van der Waals surface area contributed by atoms with Crippen molar-refractivity contribution in [2.75, 3.05) is 12.4 Å². The Bertz CT molecular complexity index is 1250. The second kappa shape index (κ2) is 9.53. The maximum atomic E-state index is 6.14. The van der Waals surface area contributed by atoms with Crippen molar-refractivity contribution in [2.45, 2.75) is 25.0 Å². The van der Waals surface area contributed by atoms with E-state index < -0.39 is 0 Å². The largest absolute Gasteiger partial charge is 0.493 e. The number of ether oxygens (including phenoxy) is 2. The molecule has 0 radical (unpaired) electrons. The van der Waals surface area contributed by atoms with E-state index in [4.69, 9.17) is 32.7 Å². The number of rotatable bonds is 5. The third-order valence-electron chi connectivity index (χ3n) is 6.30. The standard InChI is InChI=1S/C26H21Br2Cl2NO2/c1-32-24-11-15(10-20(28)26(24)33-13-14-5-7-21(29)22(30)9-14)25-18-4-2-3-17(18)19-12-16(27)6-8-23(19)31-25/h2-3,5-12,17-18,25,31H,4,13H2,1H3/t17-,18+,25+/m1/s1. The number of nitrogens with one attached hydrogen (secondary N) is 1. The van der Waals surface area contributed by atoms with Crippen LogP contribution in [-0.4, -0.2) is 7.11 Å². The van der Waals surface area contributed by atoms with Crippen LogP contribution in [0, 0.1) is 5.92 Å². The molecule has 5 rings (SSSR count). The van der Waals surface area contributed by atoms with E-state index >= 15 is 0 Å². The molecule has 3 nitrogen and oxygen atoms in total. The predicted octanol–water partition coefficient (Wildman–Crippen LogP) is 8.93. The lowest BCUT2D eigenvalue weighted by Gasteiger charge is -2.38. The molecule has 0 saturated carbocycles. The number of fused-ring (bicyclic) bond motifs is 3. The summed E-state index contributed by atoms with van der Waals surface area (Å²) in [4.78, 5) is 0. The summed E-state index contributed by atoms with van der Waals surface area (Å²) in [6, 6.07) is 16.3. The van der Waals surface area contributed by atoms with Gasteiger partial charge in [0.1, 0.15) is 6.61 Å². The molecule has 170 valence electrons. The van der Waals surface area contributed by atoms with Crippen LogP contribution in [0.2, 0.25) is 10.0 Å². The summed E-state index contributed by atoms with van der Waals surface area (Å²) >= 11 is 19.5. The zero-order valence-electron chi connectivity index (χ0n) is 17.7. The molecule has 7 heteroatoms. The van der Waals surface area contributed by atoms with Crippen LogP contribution in [0.5, 0.6) is 11.5 Å². The first-order valence-corrected chi connectivity index (χ1v) is 13.0. The van der Waals surface area contributed by atoms with Gasteiger partial charge in [-0.25, -0.2) is 0 Å². The highest BCUT2D eigenvalue weighted by Gasteiger charge is 2.38. The molecular weight excluding hydrogens is 589 g/mol. The fraction of sp³-hybridized carbons (Fsp3) is 0.231. The lowest BCUT2D eigenvalue weighted by Crippen LogP contribution is -2.29. The molecule has 0 bridgehead atoms. The maximum absolute atomic E-state index is 6.14. The molecule has 3 aromatic rings. The Morgan fingerprint density at radius 2 is 1.88 bits per heavy atom. The molecule has 1 N–H and O–H groups in total. The van der Waals surface area contributed by atoms with Gasteiger partial charge in [-0.1, -0.05) is 57.4 Å². The van der Waals surface area contributed by atoms with E-state index in [9.17, 15) is 0 Å². The minimum absolute atomic E-state index is 0.160. The van der Waals surface area contributed by atoms with E-state index in [-0.39, 0.29) is 6.04 Å². The van der Waals surface area contributed by atoms with Crippen molar-refractivity contribution < 1.29 is 9.47 Å². The van der Waals surface area contributed by atoms with Crippen molar-refractivity contribution in [2.24, 2.45) is 5.92 Å². The minimum atomic E-state index is 0.160. The first-order chi connectivity index (χ1) is 15.9. The SMILES string of the molecule is COc1cc([C@@H]2Nc3ccc(Br)cc3[C@@H]3C=CC[C@@H]32)cc(Br)c1OCc1ccc(Cl)c(Cl)c1. The van der Waals surface area contributed by atoms with Gasteiger partial charge in [0, 0.05) is 16.1 Å². The van der Waals surface area contributed by atoms with Crippen molar-refractivity contribution >= 4 is 60.7 Å². The van der Waals surface area contributed by atoms with E-state index in [1.807, 2.05) is 12.1 Å². The number of anilines is 1. The summed E-state index contributed by atoms with van der Waals surface area (Å²) in [7, 11) is 1.67. The Labute approximate surface area is 220 Å². The molecule has 0 fully saturated rings. The van der Waals surface area contributed by atoms with Crippen LogP contribution in [-0.2, 0) is 6.61 Å². The van der Waals surface area contributed by atoms with Crippen molar-refractivity contribution in [3.8, 4) is 11.5 Å². The summed E-state index contributed by atoms with van der Waals surface area (Å²) < 4.78 is 13.8. The number of halogens is 4. The average molecular weight is 610 g/mol. The van der Waals surface area contributed by atoms with E-state index in [1.165, 1.54) is 11.3 Å². The Hall–Kier alpha value is -1.66. The second-order valence-corrected chi connectivity index (χ2v) is 10.9. The van der Waals surface area contributed by atoms with Crippen LogP contribution in [0.4, 0.5) is 5.69 Å². The monoisotopic (exact) mass is 607 g/mol. The van der Waals surface area contributed by atoms with E-state index in [0.29, 0.717) is 40.0 Å². The fourth-order valence-corrected chi connectivity index (χ4v) is 6.01. The molecule has 3 aromatic carbocycles. The smallest absolute Gasteiger partial charge is 0.175 e. The van der Waals surface area contributed by atoms with Gasteiger partial charge in [0.05, 0.1) is 27.7 Å². The zero-order chi connectivity index (χ0) is 23.1. The van der Waals surface area contributed by atoms with Crippen molar-refractivity contribution in [1.82, 2.24) is 0 Å². The Morgan fingerprint density at radius 3 is 2.67 bits per heavy atom. The first-order valence-electron chi connectivity index (χ1n) is 10.6. The van der Waals surface area contributed by atoms with Gasteiger partial charge in [0.25, 0.3) is 0 Å². The molecule has 0 unspecified atom stereocenters. The molecular formula is C26H21Br2Cl2NO2. The Kier molecular flexibility index (Phi) is 6.67. The number of hydrogen-bond donors (Lipinski definition) is 1. The van der Waals surface area contributed by atoms with Crippen LogP contribution in [0.1, 0.15) is 35.1 Å². The highest BCUT2D eigenvalue weighted by molar-refractivity contribution is 9.10. The molecule has 1 heterocycles. The van der Waals surface area contributed by atoms with E-state index in [2.05, 4.69) is 79.7 Å². The highest BCUT2D eigenvalue weighted by Crippen LogP contribution is 2.51. The van der Waals surface area contributed by atoms with Crippen LogP contribution in [0.15, 0.2) is 69.6 Å². The van der Waals surface area contributed by atoms with Crippen molar-refractivity contribution in [1.29, 1.82) is 0 Å². The molecule has 33 heavy (non-hydrogen) atoms. The lowest BCUT2D eigenvalue weighted by molar-refractivity contribution is 0.282. The normalized spacial score (nSPS) is 20.7. The van der Waals surface area contributed by atoms with Crippen LogP contribution in [0.3, 0.4) is 0 Å². The molecule has 3 atom stereocenters. The summed E-state index contributed by atoms with van der Waals surface area (Å²) in [5.74, 6) is 2.17. The zero-order valence-corrected chi connectivity index (χ0v) is 22.4. The van der Waals surface area contributed by atoms with Gasteiger partial charge >= 0.3 is 0 Å². The van der Waals surface area contributed by atoms with E-state index in [1.54, 1.807) is 13.2 Å². The predicted molar refractivity (Wildman–Crippen MR) is 142 cm³/mol. The number of allylic oxidation sites excluding steroid dienone is 2. The average Bonchev–Trinajstić information content (AvgIpc) is 3.30. The molecule has 0 saturated heterocycles. The summed E-state index contributed by atoms with van der Waals surface area (Å²) in [6.07, 6.45) is 5.66. The summed E-state index contributed by atoms with van der Waals surface area (Å²) in [6.45, 7) is 0.351. The van der Waals surface area contributed by atoms with Crippen LogP contribution in [0.25, 0.3) is 0 Å². The molecule has 1 aliphatic carbocycles. The molecule has 0 aromatic heterocycles. The number of benzene rings is 3. The number of methoxy groups -OCH3 is 1. The van der Waals surface area contributed by atoms with Crippen molar-refractivity contribution in [3.05, 3.63) is 96.4 Å². The van der Waals surface area contributed by atoms with Gasteiger partial charge in [-0.2, -0.15) is 0 Å². The van der Waals surface area contributed by atoms with Gasteiger partial charge in [0.15, 0.2) is 11.5 Å². The summed E-state index contributed by atoms with van der Waals surface area (Å²) in [5.41, 5.74) is 4.60. The molecule has 0 spiro atoms. The topological polar surface area (TPSA) is 30.5 Å². The quantitative estimate of drug-likeness (QED) is 0.293. The van der Waals surface area contributed by atoms with Gasteiger partial charge < -0.3 is 14.8 Å². The first kappa shape index (κ1) is 23.1. The summed E-state index contributed by atoms with van der Waals surface area (Å²) in [5, 5.41) is 4.81.